The summed E-state index contributed by atoms with van der Waals surface area (Å²) in [5, 5.41) is 3.42. The van der Waals surface area contributed by atoms with E-state index in [2.05, 4.69) is 17.1 Å². The summed E-state index contributed by atoms with van der Waals surface area (Å²) >= 11 is 0. The molecule has 0 saturated carbocycles. The number of hydrogen-bond donors (Lipinski definition) is 1. The molecule has 0 aliphatic carbocycles. The number of nitrogens with one attached hydrogen (secondary N) is 1. The lowest BCUT2D eigenvalue weighted by atomic mass is 9.72. The van der Waals surface area contributed by atoms with Gasteiger partial charge in [-0.15, -0.1) is 0 Å². The van der Waals surface area contributed by atoms with E-state index in [1.807, 2.05) is 27.7 Å². The van der Waals surface area contributed by atoms with Crippen LogP contribution in [0.1, 0.15) is 47.5 Å². The van der Waals surface area contributed by atoms with Crippen LogP contribution >= 0.6 is 0 Å². The number of likely N-dealkylation sites (tertiary alicyclic amines) is 1. The van der Waals surface area contributed by atoms with Crippen LogP contribution in [-0.4, -0.2) is 37.6 Å². The maximum Gasteiger partial charge on any atom is 0.00513 e. The highest BCUT2D eigenvalue weighted by Crippen LogP contribution is 2.37. The number of rotatable bonds is 1. The molecule has 2 rings (SSSR count). The second-order valence-electron chi connectivity index (χ2n) is 4.05. The summed E-state index contributed by atoms with van der Waals surface area (Å²) in [4.78, 5) is 2.55. The zero-order chi connectivity index (χ0) is 11.7. The Morgan fingerprint density at radius 2 is 1.47 bits per heavy atom. The second kappa shape index (κ2) is 8.12. The van der Waals surface area contributed by atoms with Gasteiger partial charge in [0.25, 0.3) is 0 Å². The predicted octanol–water partition coefficient (Wildman–Crippen LogP) is 2.74. The summed E-state index contributed by atoms with van der Waals surface area (Å²) in [6.45, 7) is 16.7. The van der Waals surface area contributed by atoms with Gasteiger partial charge in [-0.05, 0) is 37.9 Å². The van der Waals surface area contributed by atoms with Crippen molar-refractivity contribution >= 4 is 0 Å². The molecular weight excluding hydrogens is 184 g/mol. The number of piperidine rings is 1. The topological polar surface area (TPSA) is 15.3 Å². The molecule has 92 valence electrons. The first kappa shape index (κ1) is 14.9. The molecule has 1 N–H and O–H groups in total. The van der Waals surface area contributed by atoms with Crippen molar-refractivity contribution in [1.82, 2.24) is 10.2 Å². The molecule has 0 unspecified atom stereocenters. The van der Waals surface area contributed by atoms with Crippen LogP contribution in [0.15, 0.2) is 0 Å². The van der Waals surface area contributed by atoms with E-state index in [0.717, 1.165) is 5.41 Å². The zero-order valence-corrected chi connectivity index (χ0v) is 11.4. The minimum absolute atomic E-state index is 0.737. The lowest BCUT2D eigenvalue weighted by Crippen LogP contribution is -2.59. The third-order valence-electron chi connectivity index (χ3n) is 3.23. The highest BCUT2D eigenvalue weighted by atomic mass is 15.2. The normalized spacial score (nSPS) is 23.0. The average Bonchev–Trinajstić information content (AvgIpc) is 2.32. The molecule has 2 nitrogen and oxygen atoms in total. The highest BCUT2D eigenvalue weighted by molar-refractivity contribution is 4.96. The molecule has 0 aromatic heterocycles. The number of hydrogen-bond acceptors (Lipinski definition) is 2. The van der Waals surface area contributed by atoms with Crippen LogP contribution in [0.3, 0.4) is 0 Å². The molecule has 2 fully saturated rings. The summed E-state index contributed by atoms with van der Waals surface area (Å²) in [5.41, 5.74) is 0.737. The molecule has 1 spiro atoms. The molecule has 0 bridgehead atoms. The van der Waals surface area contributed by atoms with Crippen LogP contribution < -0.4 is 5.32 Å². The van der Waals surface area contributed by atoms with Gasteiger partial charge in [-0.2, -0.15) is 0 Å². The van der Waals surface area contributed by atoms with Gasteiger partial charge < -0.3 is 10.2 Å². The van der Waals surface area contributed by atoms with E-state index in [-0.39, 0.29) is 0 Å². The minimum Gasteiger partial charge on any atom is -0.317 e. The van der Waals surface area contributed by atoms with E-state index < -0.39 is 0 Å². The summed E-state index contributed by atoms with van der Waals surface area (Å²) in [5.74, 6) is 0. The van der Waals surface area contributed by atoms with Crippen LogP contribution in [0.4, 0.5) is 0 Å². The van der Waals surface area contributed by atoms with Gasteiger partial charge in [0.1, 0.15) is 0 Å². The predicted molar refractivity (Wildman–Crippen MR) is 69.3 cm³/mol. The Balaban J connectivity index is 0.000000442. The van der Waals surface area contributed by atoms with Gasteiger partial charge in [-0.1, -0.05) is 34.6 Å². The molecule has 2 saturated heterocycles. The van der Waals surface area contributed by atoms with Crippen LogP contribution in [0.5, 0.6) is 0 Å². The van der Waals surface area contributed by atoms with Crippen molar-refractivity contribution in [2.45, 2.75) is 47.5 Å². The fraction of sp³-hybridized carbons (Fsp3) is 1.00. The van der Waals surface area contributed by atoms with Crippen molar-refractivity contribution < 1.29 is 0 Å². The van der Waals surface area contributed by atoms with E-state index in [9.17, 15) is 0 Å². The van der Waals surface area contributed by atoms with Crippen molar-refractivity contribution in [1.29, 1.82) is 0 Å². The van der Waals surface area contributed by atoms with Gasteiger partial charge in [0, 0.05) is 13.1 Å². The molecule has 0 aromatic rings. The lowest BCUT2D eigenvalue weighted by molar-refractivity contribution is -0.0188. The standard InChI is InChI=1S/C9H18N2.2C2H6/c1-2-11-7-9(8-11)3-5-10-6-4-9;2*1-2/h10H,2-8H2,1H3;2*1-2H3. The molecule has 2 aliphatic heterocycles. The van der Waals surface area contributed by atoms with Gasteiger partial charge in [0.15, 0.2) is 0 Å². The monoisotopic (exact) mass is 214 g/mol. The lowest BCUT2D eigenvalue weighted by Gasteiger charge is -2.52. The molecule has 0 radical (unpaired) electrons. The van der Waals surface area contributed by atoms with Crippen molar-refractivity contribution in [2.24, 2.45) is 5.41 Å². The van der Waals surface area contributed by atoms with Crippen molar-refractivity contribution in [3.05, 3.63) is 0 Å². The first-order valence-corrected chi connectivity index (χ1v) is 6.78. The van der Waals surface area contributed by atoms with Crippen LogP contribution in [0.2, 0.25) is 0 Å². The number of nitrogens with zero attached hydrogens (tertiary/aromatic N) is 1. The van der Waals surface area contributed by atoms with Gasteiger partial charge in [-0.25, -0.2) is 0 Å². The van der Waals surface area contributed by atoms with E-state index in [1.54, 1.807) is 0 Å². The Hall–Kier alpha value is -0.0800. The Morgan fingerprint density at radius 1 is 1.00 bits per heavy atom. The van der Waals surface area contributed by atoms with Crippen molar-refractivity contribution in [3.63, 3.8) is 0 Å². The summed E-state index contributed by atoms with van der Waals surface area (Å²) in [7, 11) is 0. The fourth-order valence-electron chi connectivity index (χ4n) is 2.40. The van der Waals surface area contributed by atoms with E-state index >= 15 is 0 Å². The average molecular weight is 214 g/mol. The van der Waals surface area contributed by atoms with Crippen LogP contribution in [-0.2, 0) is 0 Å². The van der Waals surface area contributed by atoms with E-state index in [1.165, 1.54) is 45.6 Å². The zero-order valence-electron chi connectivity index (χ0n) is 11.4. The molecule has 0 amide bonds. The van der Waals surface area contributed by atoms with E-state index in [4.69, 9.17) is 0 Å². The Bertz CT molecular complexity index is 131. The molecular formula is C13H30N2. The minimum atomic E-state index is 0.737. The highest BCUT2D eigenvalue weighted by Gasteiger charge is 2.42. The Labute approximate surface area is 96.4 Å². The van der Waals surface area contributed by atoms with E-state index in [0.29, 0.717) is 0 Å². The first-order valence-electron chi connectivity index (χ1n) is 6.78. The molecule has 2 heterocycles. The molecule has 15 heavy (non-hydrogen) atoms. The Kier molecular flexibility index (Phi) is 8.07. The quantitative estimate of drug-likeness (QED) is 0.722. The molecule has 2 aliphatic rings. The third-order valence-corrected chi connectivity index (χ3v) is 3.23. The van der Waals surface area contributed by atoms with Crippen molar-refractivity contribution in [3.8, 4) is 0 Å². The molecule has 0 atom stereocenters. The summed E-state index contributed by atoms with van der Waals surface area (Å²) in [6, 6.07) is 0. The largest absolute Gasteiger partial charge is 0.317 e. The smallest absolute Gasteiger partial charge is 0.00513 e. The first-order chi connectivity index (χ1) is 7.35. The van der Waals surface area contributed by atoms with Gasteiger partial charge >= 0.3 is 0 Å². The van der Waals surface area contributed by atoms with Gasteiger partial charge in [0.2, 0.25) is 0 Å². The second-order valence-corrected chi connectivity index (χ2v) is 4.05. The summed E-state index contributed by atoms with van der Waals surface area (Å²) < 4.78 is 0. The summed E-state index contributed by atoms with van der Waals surface area (Å²) in [6.07, 6.45) is 2.81. The third kappa shape index (κ3) is 4.12. The fourth-order valence-corrected chi connectivity index (χ4v) is 2.40. The SMILES string of the molecule is CC.CC.CCN1CC2(CCNCC2)C1. The van der Waals surface area contributed by atoms with Crippen LogP contribution in [0, 0.1) is 5.41 Å². The van der Waals surface area contributed by atoms with Crippen molar-refractivity contribution in [2.75, 3.05) is 32.7 Å². The van der Waals surface area contributed by atoms with Crippen LogP contribution in [0.25, 0.3) is 0 Å². The maximum atomic E-state index is 3.42. The van der Waals surface area contributed by atoms with Gasteiger partial charge in [0.05, 0.1) is 0 Å². The molecule has 0 aromatic carbocycles. The maximum absolute atomic E-state index is 3.42. The molecule has 2 heteroatoms. The Morgan fingerprint density at radius 3 is 1.87 bits per heavy atom. The van der Waals surface area contributed by atoms with Gasteiger partial charge in [-0.3, -0.25) is 0 Å².